The highest BCUT2D eigenvalue weighted by Gasteiger charge is 1.98. The number of carbonyl (C=O) groups is 2. The summed E-state index contributed by atoms with van der Waals surface area (Å²) in [6.45, 7) is 5.25. The Balaban J connectivity index is 3.57. The van der Waals surface area contributed by atoms with Crippen LogP contribution < -0.4 is 0 Å². The van der Waals surface area contributed by atoms with E-state index in [2.05, 4.69) is 25.7 Å². The van der Waals surface area contributed by atoms with Crippen molar-refractivity contribution in [1.82, 2.24) is 0 Å². The molecule has 4 heteroatoms. The molecule has 0 saturated carbocycles. The van der Waals surface area contributed by atoms with Gasteiger partial charge in [-0.3, -0.25) is 0 Å². The molecule has 0 spiro atoms. The number of hydrogen-bond donors (Lipinski definition) is 0. The van der Waals surface area contributed by atoms with Crippen LogP contribution in [-0.2, 0) is 19.1 Å². The van der Waals surface area contributed by atoms with Crippen molar-refractivity contribution in [3.8, 4) is 11.8 Å². The van der Waals surface area contributed by atoms with Gasteiger partial charge in [0.1, 0.15) is 0 Å². The van der Waals surface area contributed by atoms with E-state index in [1.165, 1.54) is 76.4 Å². The molecule has 0 atom stereocenters. The number of rotatable bonds is 17. The van der Waals surface area contributed by atoms with Crippen molar-refractivity contribution < 1.29 is 19.1 Å². The smallest absolute Gasteiger partial charge is 0.384 e. The second kappa shape index (κ2) is 21.5. The van der Waals surface area contributed by atoms with Crippen LogP contribution in [0.25, 0.3) is 0 Å². The first kappa shape index (κ1) is 26.2. The molecule has 0 N–H and O–H groups in total. The average molecular weight is 393 g/mol. The predicted octanol–water partition coefficient (Wildman–Crippen LogP) is 6.13. The minimum absolute atomic E-state index is 0.408. The number of ether oxygens (including phenoxy) is 2. The first-order valence-electron chi connectivity index (χ1n) is 11.2. The van der Waals surface area contributed by atoms with Crippen LogP contribution in [0, 0.1) is 11.8 Å². The fourth-order valence-electron chi connectivity index (χ4n) is 2.75. The van der Waals surface area contributed by atoms with Gasteiger partial charge in [-0.25, -0.2) is 9.59 Å². The summed E-state index contributed by atoms with van der Waals surface area (Å²) < 4.78 is 10.1. The van der Waals surface area contributed by atoms with E-state index in [1.54, 1.807) is 0 Å². The summed E-state index contributed by atoms with van der Waals surface area (Å²) in [5, 5.41) is 0. The van der Waals surface area contributed by atoms with Crippen molar-refractivity contribution in [2.45, 2.75) is 104 Å². The molecule has 0 aromatic rings. The van der Waals surface area contributed by atoms with Crippen molar-refractivity contribution >= 4 is 11.9 Å². The number of carbonyl (C=O) groups excluding carboxylic acids is 2. The van der Waals surface area contributed by atoms with Gasteiger partial charge in [-0.2, -0.15) is 0 Å². The van der Waals surface area contributed by atoms with Gasteiger partial charge >= 0.3 is 11.9 Å². The number of unbranched alkanes of at least 4 members (excludes halogenated alkanes) is 12. The molecule has 0 aliphatic carbocycles. The second-order valence-electron chi connectivity index (χ2n) is 7.15. The van der Waals surface area contributed by atoms with Gasteiger partial charge in [-0.15, -0.1) is 0 Å². The molecule has 0 aliphatic rings. The molecule has 0 radical (unpaired) electrons. The number of hydrogen-bond acceptors (Lipinski definition) is 4. The fraction of sp³-hybridized carbons (Fsp3) is 0.750. The van der Waals surface area contributed by atoms with E-state index in [1.807, 2.05) is 0 Å². The summed E-state index contributed by atoms with van der Waals surface area (Å²) in [7, 11) is 0. The molecule has 0 unspecified atom stereocenters. The number of allylic oxidation sites excluding steroid dienone is 1. The van der Waals surface area contributed by atoms with E-state index in [-0.39, 0.29) is 0 Å². The second-order valence-corrected chi connectivity index (χ2v) is 7.15. The lowest BCUT2D eigenvalue weighted by Gasteiger charge is -2.02. The minimum Gasteiger partial charge on any atom is -0.463 e. The standard InChI is InChI=1S/C24H40O4/c1-3-5-7-9-11-13-17-21-27-23(25)19-15-16-20-24(26)28-22-18-14-12-10-8-6-4-2/h15,19H,3-14,17-18,21-22H2,1-2H3. The molecule has 28 heavy (non-hydrogen) atoms. The molecule has 0 aromatic heterocycles. The van der Waals surface area contributed by atoms with Crippen LogP contribution in [0.3, 0.4) is 0 Å². The topological polar surface area (TPSA) is 52.6 Å². The summed E-state index contributed by atoms with van der Waals surface area (Å²) in [4.78, 5) is 23.0. The maximum absolute atomic E-state index is 11.5. The third kappa shape index (κ3) is 20.6. The maximum atomic E-state index is 11.5. The van der Waals surface area contributed by atoms with Crippen LogP contribution in [0.15, 0.2) is 12.2 Å². The third-order valence-electron chi connectivity index (χ3n) is 4.45. The Morgan fingerprint density at radius 1 is 0.679 bits per heavy atom. The molecule has 0 saturated heterocycles. The zero-order valence-electron chi connectivity index (χ0n) is 18.1. The van der Waals surface area contributed by atoms with Gasteiger partial charge in [0.25, 0.3) is 0 Å². The Labute approximate surface area is 172 Å². The molecular formula is C24H40O4. The summed E-state index contributed by atoms with van der Waals surface area (Å²) in [6.07, 6.45) is 19.1. The summed E-state index contributed by atoms with van der Waals surface area (Å²) in [6, 6.07) is 0. The van der Waals surface area contributed by atoms with Crippen molar-refractivity contribution in [3.63, 3.8) is 0 Å². The maximum Gasteiger partial charge on any atom is 0.384 e. The fourth-order valence-corrected chi connectivity index (χ4v) is 2.75. The molecule has 4 nitrogen and oxygen atoms in total. The monoisotopic (exact) mass is 392 g/mol. The lowest BCUT2D eigenvalue weighted by molar-refractivity contribution is -0.138. The normalized spacial score (nSPS) is 10.5. The highest BCUT2D eigenvalue weighted by Crippen LogP contribution is 2.07. The van der Waals surface area contributed by atoms with Gasteiger partial charge in [0.05, 0.1) is 13.2 Å². The molecule has 0 rings (SSSR count). The summed E-state index contributed by atoms with van der Waals surface area (Å²) in [5.74, 6) is 3.90. The number of esters is 2. The lowest BCUT2D eigenvalue weighted by Crippen LogP contribution is -2.03. The Bertz CT molecular complexity index is 471. The first-order valence-corrected chi connectivity index (χ1v) is 11.2. The van der Waals surface area contributed by atoms with Crippen LogP contribution in [0.4, 0.5) is 0 Å². The Morgan fingerprint density at radius 2 is 1.14 bits per heavy atom. The molecule has 0 amide bonds. The van der Waals surface area contributed by atoms with Gasteiger partial charge in [-0.1, -0.05) is 96.8 Å². The van der Waals surface area contributed by atoms with Gasteiger partial charge in [0.2, 0.25) is 0 Å². The summed E-state index contributed by atoms with van der Waals surface area (Å²) >= 11 is 0. The Kier molecular flexibility index (Phi) is 20.2. The van der Waals surface area contributed by atoms with Gasteiger partial charge in [-0.05, 0) is 18.9 Å². The van der Waals surface area contributed by atoms with Crippen molar-refractivity contribution in [3.05, 3.63) is 12.2 Å². The van der Waals surface area contributed by atoms with E-state index in [9.17, 15) is 9.59 Å². The highest BCUT2D eigenvalue weighted by atomic mass is 16.5. The first-order chi connectivity index (χ1) is 13.7. The van der Waals surface area contributed by atoms with Gasteiger partial charge < -0.3 is 9.47 Å². The predicted molar refractivity (Wildman–Crippen MR) is 115 cm³/mol. The molecule has 0 bridgehead atoms. The van der Waals surface area contributed by atoms with Crippen molar-refractivity contribution in [2.75, 3.05) is 13.2 Å². The van der Waals surface area contributed by atoms with Crippen LogP contribution in [0.2, 0.25) is 0 Å². The van der Waals surface area contributed by atoms with Crippen LogP contribution in [0.1, 0.15) is 104 Å². The molecule has 0 aliphatic heterocycles. The largest absolute Gasteiger partial charge is 0.463 e. The van der Waals surface area contributed by atoms with Gasteiger partial charge in [0, 0.05) is 12.0 Å². The zero-order valence-corrected chi connectivity index (χ0v) is 18.1. The van der Waals surface area contributed by atoms with E-state index in [4.69, 9.17) is 9.47 Å². The average Bonchev–Trinajstić information content (AvgIpc) is 2.69. The SMILES string of the molecule is CCCCCCCCCOC(=O)C#CC=CC(=O)OCCCCCCCCC. The van der Waals surface area contributed by atoms with Crippen LogP contribution >= 0.6 is 0 Å². The Hall–Kier alpha value is -1.76. The van der Waals surface area contributed by atoms with Crippen molar-refractivity contribution in [1.29, 1.82) is 0 Å². The van der Waals surface area contributed by atoms with E-state index >= 15 is 0 Å². The van der Waals surface area contributed by atoms with Crippen LogP contribution in [-0.4, -0.2) is 25.2 Å². The zero-order chi connectivity index (χ0) is 20.7. The third-order valence-corrected chi connectivity index (χ3v) is 4.45. The van der Waals surface area contributed by atoms with E-state index < -0.39 is 11.9 Å². The molecular weight excluding hydrogens is 352 g/mol. The highest BCUT2D eigenvalue weighted by molar-refractivity contribution is 5.89. The molecule has 0 heterocycles. The molecule has 0 aromatic carbocycles. The quantitative estimate of drug-likeness (QED) is 0.0981. The molecule has 160 valence electrons. The van der Waals surface area contributed by atoms with Gasteiger partial charge in [0.15, 0.2) is 0 Å². The molecule has 0 fully saturated rings. The minimum atomic E-state index is -0.549. The van der Waals surface area contributed by atoms with Crippen molar-refractivity contribution in [2.24, 2.45) is 0 Å². The lowest BCUT2D eigenvalue weighted by atomic mass is 10.1. The summed E-state index contributed by atoms with van der Waals surface area (Å²) in [5.41, 5.74) is 0. The Morgan fingerprint density at radius 3 is 1.68 bits per heavy atom. The van der Waals surface area contributed by atoms with Crippen LogP contribution in [0.5, 0.6) is 0 Å². The van der Waals surface area contributed by atoms with E-state index in [0.29, 0.717) is 13.2 Å². The van der Waals surface area contributed by atoms with E-state index in [0.717, 1.165) is 25.7 Å².